The molecule has 0 saturated heterocycles. The van der Waals surface area contributed by atoms with Crippen molar-refractivity contribution in [3.63, 3.8) is 0 Å². The molecule has 0 bridgehead atoms. The molecular weight excluding hydrogens is 106 g/mol. The van der Waals surface area contributed by atoms with Crippen molar-refractivity contribution in [2.45, 2.75) is 37.3 Å². The molecule has 8 heavy (non-hydrogen) atoms. The van der Waals surface area contributed by atoms with Crippen molar-refractivity contribution in [3.05, 3.63) is 0 Å². The maximum absolute atomic E-state index is 2.30. The van der Waals surface area contributed by atoms with E-state index in [1.165, 1.54) is 0 Å². The van der Waals surface area contributed by atoms with Crippen LogP contribution in [0.15, 0.2) is 0 Å². The molecule has 0 rings (SSSR count). The number of rotatable bonds is 2. The van der Waals surface area contributed by atoms with Crippen LogP contribution in [0.5, 0.6) is 0 Å². The van der Waals surface area contributed by atoms with Crippen LogP contribution in [0.3, 0.4) is 0 Å². The molecule has 0 aliphatic rings. The van der Waals surface area contributed by atoms with Crippen LogP contribution in [-0.4, -0.2) is 15.2 Å². The van der Waals surface area contributed by atoms with Gasteiger partial charge >= 0.3 is 18.9 Å². The second kappa shape index (κ2) is 6.25. The summed E-state index contributed by atoms with van der Waals surface area (Å²) in [5.74, 6) is 0. The maximum atomic E-state index is 2.30. The van der Waals surface area contributed by atoms with Gasteiger partial charge in [-0.2, -0.15) is 0 Å². The normalized spacial score (nSPS) is 9.25. The molecule has 1 radical (unpaired) electrons. The van der Waals surface area contributed by atoms with Crippen molar-refractivity contribution in [3.8, 4) is 0 Å². The Morgan fingerprint density at radius 1 is 1.00 bits per heavy atom. The first-order chi connectivity index (χ1) is 3.13. The minimum atomic E-state index is 0. The van der Waals surface area contributed by atoms with Crippen molar-refractivity contribution >= 4 is 15.2 Å². The molecule has 43 valence electrons. The molecule has 0 aromatic heterocycles. The zero-order chi connectivity index (χ0) is 5.86. The second-order valence-corrected chi connectivity index (χ2v) is 5.73. The van der Waals surface area contributed by atoms with Crippen molar-refractivity contribution in [2.75, 3.05) is 0 Å². The van der Waals surface area contributed by atoms with Gasteiger partial charge in [-0.15, -0.1) is 0 Å². The van der Waals surface area contributed by atoms with Crippen molar-refractivity contribution in [2.24, 2.45) is 0 Å². The summed E-state index contributed by atoms with van der Waals surface area (Å²) in [6.07, 6.45) is 0. The smallest absolute Gasteiger partial charge is 1.00 e. The van der Waals surface area contributed by atoms with E-state index in [1.54, 1.807) is 0 Å². The predicted octanol–water partition coefficient (Wildman–Crippen LogP) is -0.536. The third-order valence-electron chi connectivity index (χ3n) is 0.770. The van der Waals surface area contributed by atoms with Gasteiger partial charge in [0.15, 0.2) is 0 Å². The standard InChI is InChI=1S/2C3H7.Al.Li.H/c2*1-3-2;;;/h2*3H,1-2H3;;;/q;;;+1;-1. The van der Waals surface area contributed by atoms with Crippen LogP contribution in [0.2, 0.25) is 9.56 Å². The molecule has 2 heteroatoms. The van der Waals surface area contributed by atoms with Crippen LogP contribution in [0.4, 0.5) is 0 Å². The molecule has 0 N–H and O–H groups in total. The van der Waals surface area contributed by atoms with Crippen LogP contribution in [0.1, 0.15) is 29.1 Å². The Hall–Kier alpha value is 1.13. The van der Waals surface area contributed by atoms with Crippen LogP contribution in [-0.2, 0) is 0 Å². The minimum Gasteiger partial charge on any atom is -1.00 e. The molecule has 0 saturated carbocycles. The molecule has 0 aromatic carbocycles. The van der Waals surface area contributed by atoms with Gasteiger partial charge in [0.25, 0.3) is 0 Å². The van der Waals surface area contributed by atoms with Crippen LogP contribution in [0.25, 0.3) is 0 Å². The number of hydrogen-bond acceptors (Lipinski definition) is 0. The molecule has 0 nitrogen and oxygen atoms in total. The van der Waals surface area contributed by atoms with Gasteiger partial charge in [0.05, 0.1) is 0 Å². The minimum absolute atomic E-state index is 0. The summed E-state index contributed by atoms with van der Waals surface area (Å²) in [5.41, 5.74) is 0. The van der Waals surface area contributed by atoms with E-state index in [4.69, 9.17) is 0 Å². The quantitative estimate of drug-likeness (QED) is 0.430. The van der Waals surface area contributed by atoms with E-state index >= 15 is 0 Å². The zero-order valence-corrected chi connectivity index (χ0v) is 7.89. The van der Waals surface area contributed by atoms with Crippen molar-refractivity contribution in [1.82, 2.24) is 0 Å². The van der Waals surface area contributed by atoms with Gasteiger partial charge in [-0.25, -0.2) is 0 Å². The molecule has 0 spiro atoms. The topological polar surface area (TPSA) is 0 Å². The molecule has 0 aliphatic carbocycles. The monoisotopic (exact) mass is 121 g/mol. The van der Waals surface area contributed by atoms with E-state index in [9.17, 15) is 0 Å². The summed E-state index contributed by atoms with van der Waals surface area (Å²) in [6, 6.07) is 0. The van der Waals surface area contributed by atoms with Crippen LogP contribution in [0, 0.1) is 0 Å². The Morgan fingerprint density at radius 2 is 1.25 bits per heavy atom. The summed E-state index contributed by atoms with van der Waals surface area (Å²) in [6.45, 7) is 9.20. The Kier molecular flexibility index (Phi) is 9.28. The van der Waals surface area contributed by atoms with Gasteiger partial charge in [0, 0.05) is 0 Å². The molecular formula is C6H15AlLi. The van der Waals surface area contributed by atoms with Crippen molar-refractivity contribution < 1.29 is 20.3 Å². The summed E-state index contributed by atoms with van der Waals surface area (Å²) in [7, 11) is 0. The van der Waals surface area contributed by atoms with E-state index in [-0.39, 0.29) is 20.3 Å². The summed E-state index contributed by atoms with van der Waals surface area (Å²) in [5, 5.41) is 0. The first kappa shape index (κ1) is 11.9. The largest absolute Gasteiger partial charge is 1.00 e. The second-order valence-electron chi connectivity index (χ2n) is 2.68. The van der Waals surface area contributed by atoms with E-state index in [0.717, 1.165) is 9.56 Å². The van der Waals surface area contributed by atoms with Gasteiger partial charge in [0.2, 0.25) is 15.2 Å². The van der Waals surface area contributed by atoms with Gasteiger partial charge in [-0.05, 0) is 0 Å². The fourth-order valence-electron chi connectivity index (χ4n) is 0.770. The van der Waals surface area contributed by atoms with Gasteiger partial charge in [0.1, 0.15) is 0 Å². The van der Waals surface area contributed by atoms with Crippen molar-refractivity contribution in [1.29, 1.82) is 0 Å². The van der Waals surface area contributed by atoms with E-state index in [1.807, 2.05) is 0 Å². The molecule has 0 aliphatic heterocycles. The van der Waals surface area contributed by atoms with Gasteiger partial charge < -0.3 is 1.43 Å². The fourth-order valence-corrected chi connectivity index (χ4v) is 2.31. The summed E-state index contributed by atoms with van der Waals surface area (Å²) in [4.78, 5) is 0. The molecule has 0 fully saturated rings. The molecule has 0 unspecified atom stereocenters. The molecule has 0 heterocycles. The fraction of sp³-hybridized carbons (Fsp3) is 1.00. The SMILES string of the molecule is C[CH](C)[Al][CH](C)C.[H-].[Li+]. The van der Waals surface area contributed by atoms with Crippen LogP contribution >= 0.6 is 0 Å². The Balaban J connectivity index is -0.000000180. The van der Waals surface area contributed by atoms with E-state index in [0.29, 0.717) is 15.2 Å². The predicted molar refractivity (Wildman–Crippen MR) is 37.1 cm³/mol. The Morgan fingerprint density at radius 3 is 1.25 bits per heavy atom. The summed E-state index contributed by atoms with van der Waals surface area (Å²) >= 11 is 0.713. The van der Waals surface area contributed by atoms with Gasteiger partial charge in [-0.1, -0.05) is 37.3 Å². The van der Waals surface area contributed by atoms with Gasteiger partial charge in [-0.3, -0.25) is 0 Å². The average Bonchev–Trinajstić information content (AvgIpc) is 1.27. The number of hydrogen-bond donors (Lipinski definition) is 0. The summed E-state index contributed by atoms with van der Waals surface area (Å²) < 4.78 is 1.92. The van der Waals surface area contributed by atoms with E-state index < -0.39 is 0 Å². The zero-order valence-electron chi connectivity index (χ0n) is 7.73. The van der Waals surface area contributed by atoms with Crippen LogP contribution < -0.4 is 18.9 Å². The average molecular weight is 121 g/mol. The molecule has 0 atom stereocenters. The maximum Gasteiger partial charge on any atom is 1.00 e. The van der Waals surface area contributed by atoms with E-state index in [2.05, 4.69) is 27.7 Å². The third-order valence-corrected chi connectivity index (χ3v) is 2.31. The molecule has 0 amide bonds. The Labute approximate surface area is 72.8 Å². The first-order valence-electron chi connectivity index (χ1n) is 2.98. The first-order valence-corrected chi connectivity index (χ1v) is 4.31. The third kappa shape index (κ3) is 10.2. The molecule has 0 aromatic rings. The Bertz CT molecular complexity index is 42.3.